The van der Waals surface area contributed by atoms with Gasteiger partial charge in [0.15, 0.2) is 5.78 Å². The van der Waals surface area contributed by atoms with Crippen molar-refractivity contribution in [1.29, 1.82) is 0 Å². The molecule has 6 heteroatoms. The molecule has 5 nitrogen and oxygen atoms in total. The molecule has 0 fully saturated rings. The van der Waals surface area contributed by atoms with Gasteiger partial charge in [0.25, 0.3) is 0 Å². The quantitative estimate of drug-likeness (QED) is 0.355. The third kappa shape index (κ3) is 5.25. The third-order valence-electron chi connectivity index (χ3n) is 7.32. The van der Waals surface area contributed by atoms with E-state index in [-0.39, 0.29) is 18.3 Å². The Hall–Kier alpha value is -3.83. The van der Waals surface area contributed by atoms with Gasteiger partial charge in [-0.1, -0.05) is 72.3 Å². The molecule has 3 aromatic carbocycles. The Morgan fingerprint density at radius 1 is 0.974 bits per heavy atom. The maximum absolute atomic E-state index is 13.8. The van der Waals surface area contributed by atoms with E-state index in [1.807, 2.05) is 79.7 Å². The van der Waals surface area contributed by atoms with E-state index >= 15 is 0 Å². The van der Waals surface area contributed by atoms with Crippen molar-refractivity contribution in [1.82, 2.24) is 5.32 Å². The average molecular weight is 528 g/mol. The van der Waals surface area contributed by atoms with Crippen molar-refractivity contribution >= 4 is 23.4 Å². The van der Waals surface area contributed by atoms with Crippen LogP contribution in [0.25, 0.3) is 0 Å². The highest BCUT2D eigenvalue weighted by Crippen LogP contribution is 2.47. The zero-order chi connectivity index (χ0) is 26.6. The molecule has 2 aliphatic rings. The van der Waals surface area contributed by atoms with Crippen LogP contribution in [0.3, 0.4) is 0 Å². The Labute approximate surface area is 228 Å². The summed E-state index contributed by atoms with van der Waals surface area (Å²) in [5.41, 5.74) is 5.45. The molecule has 0 saturated heterocycles. The first kappa shape index (κ1) is 25.8. The molecule has 38 heavy (non-hydrogen) atoms. The SMILES string of the molecule is COc1ccc(C2CC(=O)C3=C(C2)NC(C)=C(C(=O)OCCc2ccccc2)C3c2ccccc2Cl)cc1. The van der Waals surface area contributed by atoms with Crippen molar-refractivity contribution in [2.24, 2.45) is 0 Å². The number of hydrogen-bond acceptors (Lipinski definition) is 5. The van der Waals surface area contributed by atoms with Gasteiger partial charge in [-0.3, -0.25) is 4.79 Å². The Balaban J connectivity index is 1.46. The molecule has 1 aliphatic carbocycles. The molecule has 1 aliphatic heterocycles. The van der Waals surface area contributed by atoms with Gasteiger partial charge in [0.05, 0.1) is 19.3 Å². The van der Waals surface area contributed by atoms with Crippen molar-refractivity contribution < 1.29 is 19.1 Å². The summed E-state index contributed by atoms with van der Waals surface area (Å²) in [4.78, 5) is 27.3. The van der Waals surface area contributed by atoms with Gasteiger partial charge in [-0.15, -0.1) is 0 Å². The lowest BCUT2D eigenvalue weighted by Crippen LogP contribution is -2.36. The number of ketones is 1. The van der Waals surface area contributed by atoms with Gasteiger partial charge in [0.2, 0.25) is 0 Å². The van der Waals surface area contributed by atoms with Crippen LogP contribution >= 0.6 is 11.6 Å². The minimum Gasteiger partial charge on any atom is -0.497 e. The Kier molecular flexibility index (Phi) is 7.66. The number of nitrogens with one attached hydrogen (secondary N) is 1. The van der Waals surface area contributed by atoms with E-state index in [9.17, 15) is 9.59 Å². The fraction of sp³-hybridized carbons (Fsp3) is 0.250. The number of carbonyl (C=O) groups is 2. The molecule has 0 spiro atoms. The number of carbonyl (C=O) groups excluding carboxylic acids is 2. The smallest absolute Gasteiger partial charge is 0.336 e. The van der Waals surface area contributed by atoms with Crippen molar-refractivity contribution in [3.63, 3.8) is 0 Å². The van der Waals surface area contributed by atoms with Crippen LogP contribution in [-0.2, 0) is 20.7 Å². The second-order valence-corrected chi connectivity index (χ2v) is 10.1. The fourth-order valence-corrected chi connectivity index (χ4v) is 5.67. The van der Waals surface area contributed by atoms with E-state index in [2.05, 4.69) is 5.32 Å². The number of ether oxygens (including phenoxy) is 2. The average Bonchev–Trinajstić information content (AvgIpc) is 2.93. The summed E-state index contributed by atoms with van der Waals surface area (Å²) in [5, 5.41) is 3.91. The maximum Gasteiger partial charge on any atom is 0.336 e. The van der Waals surface area contributed by atoms with Crippen LogP contribution in [0.4, 0.5) is 0 Å². The van der Waals surface area contributed by atoms with Gasteiger partial charge >= 0.3 is 5.97 Å². The lowest BCUT2D eigenvalue weighted by molar-refractivity contribution is -0.139. The van der Waals surface area contributed by atoms with Gasteiger partial charge < -0.3 is 14.8 Å². The fourth-order valence-electron chi connectivity index (χ4n) is 5.43. The van der Waals surface area contributed by atoms with Crippen LogP contribution in [0, 0.1) is 0 Å². The first-order valence-corrected chi connectivity index (χ1v) is 13.2. The summed E-state index contributed by atoms with van der Waals surface area (Å²) in [7, 11) is 1.64. The largest absolute Gasteiger partial charge is 0.497 e. The number of halogens is 1. The van der Waals surface area contributed by atoms with Crippen LogP contribution in [0.15, 0.2) is 101 Å². The Morgan fingerprint density at radius 2 is 1.68 bits per heavy atom. The highest BCUT2D eigenvalue weighted by atomic mass is 35.5. The number of Topliss-reactive ketones (excluding diaryl/α,β-unsaturated/α-hetero) is 1. The van der Waals surface area contributed by atoms with Crippen LogP contribution in [0.5, 0.6) is 5.75 Å². The zero-order valence-electron chi connectivity index (χ0n) is 21.5. The van der Waals surface area contributed by atoms with E-state index in [4.69, 9.17) is 21.1 Å². The molecular formula is C32H30ClNO4. The standard InChI is InChI=1S/C32H30ClNO4/c1-20-29(32(36)38-17-16-21-8-4-3-5-9-21)30(25-10-6-7-11-26(25)33)31-27(34-20)18-23(19-28(31)35)22-12-14-24(37-2)15-13-22/h3-15,23,30,34H,16-19H2,1-2H3. The highest BCUT2D eigenvalue weighted by Gasteiger charge is 2.42. The minimum atomic E-state index is -0.589. The summed E-state index contributed by atoms with van der Waals surface area (Å²) < 4.78 is 11.0. The Bertz CT molecular complexity index is 1410. The highest BCUT2D eigenvalue weighted by molar-refractivity contribution is 6.31. The lowest BCUT2D eigenvalue weighted by Gasteiger charge is -2.37. The number of rotatable bonds is 7. The lowest BCUT2D eigenvalue weighted by atomic mass is 9.71. The maximum atomic E-state index is 13.8. The Morgan fingerprint density at radius 3 is 2.39 bits per heavy atom. The monoisotopic (exact) mass is 527 g/mol. The minimum absolute atomic E-state index is 0.00609. The molecular weight excluding hydrogens is 498 g/mol. The molecule has 2 unspecified atom stereocenters. The molecule has 3 aromatic rings. The van der Waals surface area contributed by atoms with Crippen molar-refractivity contribution in [2.45, 2.75) is 38.0 Å². The van der Waals surface area contributed by atoms with E-state index < -0.39 is 11.9 Å². The van der Waals surface area contributed by atoms with E-state index in [1.165, 1.54) is 0 Å². The summed E-state index contributed by atoms with van der Waals surface area (Å²) in [5.74, 6) is -0.217. The van der Waals surface area contributed by atoms with Gasteiger partial charge in [0.1, 0.15) is 5.75 Å². The second-order valence-electron chi connectivity index (χ2n) is 9.68. The zero-order valence-corrected chi connectivity index (χ0v) is 22.3. The van der Waals surface area contributed by atoms with Crippen LogP contribution in [0.1, 0.15) is 48.3 Å². The molecule has 0 radical (unpaired) electrons. The first-order chi connectivity index (χ1) is 18.5. The number of esters is 1. The number of allylic oxidation sites excluding steroid dienone is 3. The van der Waals surface area contributed by atoms with E-state index in [1.54, 1.807) is 13.2 Å². The van der Waals surface area contributed by atoms with E-state index in [0.29, 0.717) is 41.1 Å². The molecule has 0 aromatic heterocycles. The first-order valence-electron chi connectivity index (χ1n) is 12.8. The van der Waals surface area contributed by atoms with E-state index in [0.717, 1.165) is 28.1 Å². The van der Waals surface area contributed by atoms with Gasteiger partial charge in [0, 0.05) is 40.7 Å². The molecule has 0 amide bonds. The third-order valence-corrected chi connectivity index (χ3v) is 7.66. The van der Waals surface area contributed by atoms with Crippen molar-refractivity contribution in [2.75, 3.05) is 13.7 Å². The molecule has 5 rings (SSSR count). The molecule has 2 atom stereocenters. The number of dihydropyridines is 1. The van der Waals surface area contributed by atoms with Crippen LogP contribution in [0.2, 0.25) is 5.02 Å². The van der Waals surface area contributed by atoms with Crippen LogP contribution in [-0.4, -0.2) is 25.5 Å². The normalized spacial score (nSPS) is 19.1. The molecule has 1 N–H and O–H groups in total. The number of benzene rings is 3. The van der Waals surface area contributed by atoms with Gasteiger partial charge in [-0.25, -0.2) is 4.79 Å². The summed E-state index contributed by atoms with van der Waals surface area (Å²) >= 11 is 6.65. The molecule has 1 heterocycles. The van der Waals surface area contributed by atoms with Crippen LogP contribution < -0.4 is 10.1 Å². The second kappa shape index (κ2) is 11.3. The number of hydrogen-bond donors (Lipinski definition) is 1. The van der Waals surface area contributed by atoms with Gasteiger partial charge in [-0.2, -0.15) is 0 Å². The van der Waals surface area contributed by atoms with Crippen molar-refractivity contribution in [3.05, 3.63) is 123 Å². The molecule has 194 valence electrons. The summed E-state index contributed by atoms with van der Waals surface area (Å²) in [6.07, 6.45) is 1.62. The predicted octanol–water partition coefficient (Wildman–Crippen LogP) is 6.50. The number of methoxy groups -OCH3 is 1. The predicted molar refractivity (Wildman–Crippen MR) is 148 cm³/mol. The van der Waals surface area contributed by atoms with Crippen molar-refractivity contribution in [3.8, 4) is 5.75 Å². The van der Waals surface area contributed by atoms with Gasteiger partial charge in [-0.05, 0) is 54.2 Å². The molecule has 0 bridgehead atoms. The topological polar surface area (TPSA) is 64.6 Å². The summed E-state index contributed by atoms with van der Waals surface area (Å²) in [6, 6.07) is 25.1. The molecule has 0 saturated carbocycles. The summed E-state index contributed by atoms with van der Waals surface area (Å²) in [6.45, 7) is 2.11.